The number of aryl methyl sites for hydroxylation is 1. The quantitative estimate of drug-likeness (QED) is 0.830. The van der Waals surface area contributed by atoms with Gasteiger partial charge >= 0.3 is 0 Å². The van der Waals surface area contributed by atoms with Crippen LogP contribution < -0.4 is 5.43 Å². The Labute approximate surface area is 151 Å². The van der Waals surface area contributed by atoms with Gasteiger partial charge in [-0.3, -0.25) is 4.79 Å². The zero-order chi connectivity index (χ0) is 17.4. The van der Waals surface area contributed by atoms with Crippen molar-refractivity contribution in [2.24, 2.45) is 5.10 Å². The maximum atomic E-state index is 12.3. The van der Waals surface area contributed by atoms with Crippen LogP contribution >= 0.6 is 11.3 Å². The van der Waals surface area contributed by atoms with Crippen molar-refractivity contribution in [3.63, 3.8) is 0 Å². The highest BCUT2D eigenvalue weighted by molar-refractivity contribution is 7.12. The fourth-order valence-corrected chi connectivity index (χ4v) is 4.34. The molecule has 6 heteroatoms. The lowest BCUT2D eigenvalue weighted by atomic mass is 9.94. The molecule has 2 aromatic heterocycles. The summed E-state index contributed by atoms with van der Waals surface area (Å²) >= 11 is 1.60. The van der Waals surface area contributed by atoms with Crippen LogP contribution in [-0.4, -0.2) is 35.6 Å². The Kier molecular flexibility index (Phi) is 4.31. The van der Waals surface area contributed by atoms with Gasteiger partial charge in [-0.05, 0) is 68.4 Å². The van der Waals surface area contributed by atoms with Crippen LogP contribution in [0.15, 0.2) is 28.2 Å². The third-order valence-corrected chi connectivity index (χ3v) is 5.61. The first-order valence-corrected chi connectivity index (χ1v) is 9.52. The van der Waals surface area contributed by atoms with Gasteiger partial charge in [0.25, 0.3) is 5.91 Å². The van der Waals surface area contributed by atoms with E-state index < -0.39 is 0 Å². The minimum atomic E-state index is -0.133. The van der Waals surface area contributed by atoms with E-state index in [1.165, 1.54) is 29.7 Å². The maximum Gasteiger partial charge on any atom is 0.273 e. The molecule has 5 nitrogen and oxygen atoms in total. The van der Waals surface area contributed by atoms with E-state index in [4.69, 9.17) is 0 Å². The SMILES string of the molecule is CN(C)Cc1c(C=C2C(=O)NN=C2c2cccs2)[nH]c2c1CCCC2. The minimum absolute atomic E-state index is 0.133. The molecule has 0 spiro atoms. The molecule has 1 aliphatic heterocycles. The highest BCUT2D eigenvalue weighted by atomic mass is 32.1. The molecule has 2 aromatic rings. The first-order chi connectivity index (χ1) is 12.1. The van der Waals surface area contributed by atoms with Gasteiger partial charge in [-0.2, -0.15) is 5.10 Å². The molecule has 2 N–H and O–H groups in total. The molecule has 25 heavy (non-hydrogen) atoms. The molecule has 0 bridgehead atoms. The topological polar surface area (TPSA) is 60.5 Å². The number of aromatic amines is 1. The summed E-state index contributed by atoms with van der Waals surface area (Å²) in [6, 6.07) is 3.98. The average molecular weight is 354 g/mol. The summed E-state index contributed by atoms with van der Waals surface area (Å²) in [5.74, 6) is -0.133. The number of hydrogen-bond donors (Lipinski definition) is 2. The van der Waals surface area contributed by atoms with Crippen molar-refractivity contribution >= 4 is 29.0 Å². The van der Waals surface area contributed by atoms with Gasteiger partial charge in [0.05, 0.1) is 10.5 Å². The average Bonchev–Trinajstić information content (AvgIpc) is 3.29. The van der Waals surface area contributed by atoms with Gasteiger partial charge in [-0.25, -0.2) is 5.43 Å². The highest BCUT2D eigenvalue weighted by Crippen LogP contribution is 2.30. The van der Waals surface area contributed by atoms with E-state index in [2.05, 4.69) is 34.5 Å². The van der Waals surface area contributed by atoms with Gasteiger partial charge in [0.1, 0.15) is 5.71 Å². The molecule has 0 radical (unpaired) electrons. The Bertz CT molecular complexity index is 858. The highest BCUT2D eigenvalue weighted by Gasteiger charge is 2.26. The largest absolute Gasteiger partial charge is 0.358 e. The van der Waals surface area contributed by atoms with Crippen LogP contribution in [0.3, 0.4) is 0 Å². The third-order valence-electron chi connectivity index (χ3n) is 4.73. The number of aromatic nitrogens is 1. The number of nitrogens with zero attached hydrogens (tertiary/aromatic N) is 2. The number of carbonyl (C=O) groups excluding carboxylic acids is 1. The second-order valence-electron chi connectivity index (χ2n) is 6.86. The molecule has 2 aliphatic rings. The van der Waals surface area contributed by atoms with Crippen molar-refractivity contribution in [2.75, 3.05) is 14.1 Å². The van der Waals surface area contributed by atoms with E-state index in [0.717, 1.165) is 35.7 Å². The Morgan fingerprint density at radius 3 is 2.92 bits per heavy atom. The van der Waals surface area contributed by atoms with Gasteiger partial charge in [0.2, 0.25) is 0 Å². The summed E-state index contributed by atoms with van der Waals surface area (Å²) in [6.45, 7) is 0.873. The van der Waals surface area contributed by atoms with Crippen LogP contribution in [-0.2, 0) is 24.2 Å². The standard InChI is InChI=1S/C19H22N4OS/c1-23(2)11-14-12-6-3-4-7-15(12)20-16(14)10-13-18(21-22-19(13)24)17-8-5-9-25-17/h5,8-10,20H,3-4,6-7,11H2,1-2H3,(H,22,24). The van der Waals surface area contributed by atoms with E-state index in [0.29, 0.717) is 5.57 Å². The molecular formula is C19H22N4OS. The van der Waals surface area contributed by atoms with Crippen molar-refractivity contribution < 1.29 is 4.79 Å². The molecule has 3 heterocycles. The van der Waals surface area contributed by atoms with Gasteiger partial charge in [-0.1, -0.05) is 6.07 Å². The molecule has 0 fully saturated rings. The summed E-state index contributed by atoms with van der Waals surface area (Å²) in [5, 5.41) is 6.25. The summed E-state index contributed by atoms with van der Waals surface area (Å²) in [6.07, 6.45) is 6.67. The smallest absolute Gasteiger partial charge is 0.273 e. The molecule has 0 atom stereocenters. The zero-order valence-electron chi connectivity index (χ0n) is 14.6. The first kappa shape index (κ1) is 16.3. The molecule has 0 unspecified atom stereocenters. The monoisotopic (exact) mass is 354 g/mol. The molecule has 1 amide bonds. The van der Waals surface area contributed by atoms with Crippen LogP contribution in [0, 0.1) is 0 Å². The number of H-pyrrole nitrogens is 1. The van der Waals surface area contributed by atoms with Gasteiger partial charge in [0.15, 0.2) is 0 Å². The molecule has 0 saturated carbocycles. The molecule has 130 valence electrons. The lowest BCUT2D eigenvalue weighted by Crippen LogP contribution is -2.15. The molecule has 4 rings (SSSR count). The number of thiophene rings is 1. The van der Waals surface area contributed by atoms with Crippen LogP contribution in [0.25, 0.3) is 6.08 Å². The van der Waals surface area contributed by atoms with Crippen LogP contribution in [0.4, 0.5) is 0 Å². The lowest BCUT2D eigenvalue weighted by molar-refractivity contribution is -0.116. The Hall–Kier alpha value is -2.18. The second kappa shape index (κ2) is 6.61. The number of carbonyl (C=O) groups is 1. The number of fused-ring (bicyclic) bond motifs is 1. The second-order valence-corrected chi connectivity index (χ2v) is 7.80. The van der Waals surface area contributed by atoms with Crippen molar-refractivity contribution in [3.05, 3.63) is 50.5 Å². The van der Waals surface area contributed by atoms with E-state index in [-0.39, 0.29) is 5.91 Å². The molecular weight excluding hydrogens is 332 g/mol. The summed E-state index contributed by atoms with van der Waals surface area (Å²) in [5.41, 5.74) is 9.14. The number of amides is 1. The number of hydrogen-bond acceptors (Lipinski definition) is 4. The van der Waals surface area contributed by atoms with Gasteiger partial charge in [0, 0.05) is 17.9 Å². The minimum Gasteiger partial charge on any atom is -0.358 e. The van der Waals surface area contributed by atoms with E-state index >= 15 is 0 Å². The zero-order valence-corrected chi connectivity index (χ0v) is 15.4. The Morgan fingerprint density at radius 1 is 1.32 bits per heavy atom. The fourth-order valence-electron chi connectivity index (χ4n) is 3.61. The Morgan fingerprint density at radius 2 is 2.16 bits per heavy atom. The van der Waals surface area contributed by atoms with Crippen LogP contribution in [0.2, 0.25) is 0 Å². The van der Waals surface area contributed by atoms with Crippen LogP contribution in [0.1, 0.15) is 40.2 Å². The van der Waals surface area contributed by atoms with Crippen LogP contribution in [0.5, 0.6) is 0 Å². The van der Waals surface area contributed by atoms with Crippen molar-refractivity contribution in [2.45, 2.75) is 32.2 Å². The predicted octanol–water partition coefficient (Wildman–Crippen LogP) is 2.93. The third kappa shape index (κ3) is 3.07. The summed E-state index contributed by atoms with van der Waals surface area (Å²) < 4.78 is 0. The predicted molar refractivity (Wildman–Crippen MR) is 102 cm³/mol. The molecule has 0 aromatic carbocycles. The van der Waals surface area contributed by atoms with Gasteiger partial charge in [-0.15, -0.1) is 11.3 Å². The van der Waals surface area contributed by atoms with Crippen molar-refractivity contribution in [1.29, 1.82) is 0 Å². The number of rotatable bonds is 4. The van der Waals surface area contributed by atoms with Gasteiger partial charge < -0.3 is 9.88 Å². The normalized spacial score (nSPS) is 18.6. The summed E-state index contributed by atoms with van der Waals surface area (Å²) in [4.78, 5) is 19.1. The van der Waals surface area contributed by atoms with Crippen molar-refractivity contribution in [3.8, 4) is 0 Å². The van der Waals surface area contributed by atoms with E-state index in [1.54, 1.807) is 11.3 Å². The summed E-state index contributed by atoms with van der Waals surface area (Å²) in [7, 11) is 4.17. The van der Waals surface area contributed by atoms with Crippen molar-refractivity contribution in [1.82, 2.24) is 15.3 Å². The number of nitrogens with one attached hydrogen (secondary N) is 2. The van der Waals surface area contributed by atoms with E-state index in [1.807, 2.05) is 23.6 Å². The van der Waals surface area contributed by atoms with E-state index in [9.17, 15) is 4.79 Å². The maximum absolute atomic E-state index is 12.3. The number of hydrazone groups is 1. The molecule has 0 saturated heterocycles. The first-order valence-electron chi connectivity index (χ1n) is 8.65. The molecule has 1 aliphatic carbocycles. The lowest BCUT2D eigenvalue weighted by Gasteiger charge is -2.15. The fraction of sp³-hybridized carbons (Fsp3) is 0.368. The Balaban J connectivity index is 1.78.